The third-order valence-corrected chi connectivity index (χ3v) is 2.51. The fourth-order valence-corrected chi connectivity index (χ4v) is 2.01. The lowest BCUT2D eigenvalue weighted by atomic mass is 9.86. The Labute approximate surface area is 83.2 Å². The van der Waals surface area contributed by atoms with Gasteiger partial charge in [0.05, 0.1) is 0 Å². The number of hydrogen-bond donors (Lipinski definition) is 3. The van der Waals surface area contributed by atoms with Gasteiger partial charge in [-0.05, 0) is 31.3 Å². The van der Waals surface area contributed by atoms with Crippen molar-refractivity contribution in [3.63, 3.8) is 0 Å². The number of hydrogen-bond acceptors (Lipinski definition) is 3. The van der Waals surface area contributed by atoms with Gasteiger partial charge in [-0.15, -0.1) is 0 Å². The zero-order valence-corrected chi connectivity index (χ0v) is 8.16. The first-order valence-electron chi connectivity index (χ1n) is 4.85. The third-order valence-electron chi connectivity index (χ3n) is 2.51. The molecule has 80 valence electrons. The molecule has 0 aromatic rings. The molecule has 1 aliphatic rings. The lowest BCUT2D eigenvalue weighted by Crippen LogP contribution is -2.39. The van der Waals surface area contributed by atoms with Gasteiger partial charge >= 0.3 is 0 Å². The van der Waals surface area contributed by atoms with Gasteiger partial charge in [-0.2, -0.15) is 0 Å². The topological polar surface area (TPSA) is 98.2 Å². The molecule has 5 nitrogen and oxygen atoms in total. The zero-order valence-electron chi connectivity index (χ0n) is 8.16. The molecule has 14 heavy (non-hydrogen) atoms. The second-order valence-electron chi connectivity index (χ2n) is 3.97. The number of nitrogens with one attached hydrogen (secondary N) is 1. The lowest BCUT2D eigenvalue weighted by Gasteiger charge is -2.28. The maximum absolute atomic E-state index is 10.7. The Morgan fingerprint density at radius 3 is 1.86 bits per heavy atom. The summed E-state index contributed by atoms with van der Waals surface area (Å²) >= 11 is 0. The Balaban J connectivity index is 2.35. The van der Waals surface area contributed by atoms with E-state index >= 15 is 0 Å². The van der Waals surface area contributed by atoms with Crippen molar-refractivity contribution in [1.29, 1.82) is 0 Å². The van der Waals surface area contributed by atoms with Crippen LogP contribution in [-0.2, 0) is 9.59 Å². The monoisotopic (exact) mass is 199 g/mol. The summed E-state index contributed by atoms with van der Waals surface area (Å²) in [4.78, 5) is 21.4. The van der Waals surface area contributed by atoms with E-state index in [2.05, 4.69) is 5.32 Å². The molecule has 0 aromatic heterocycles. The maximum atomic E-state index is 10.7. The van der Waals surface area contributed by atoms with Gasteiger partial charge in [-0.3, -0.25) is 9.59 Å². The Morgan fingerprint density at radius 2 is 1.50 bits per heavy atom. The zero-order chi connectivity index (χ0) is 10.6. The second-order valence-corrected chi connectivity index (χ2v) is 3.97. The molecule has 1 aliphatic heterocycles. The van der Waals surface area contributed by atoms with Crippen LogP contribution < -0.4 is 16.8 Å². The highest BCUT2D eigenvalue weighted by molar-refractivity contribution is 5.74. The fourth-order valence-electron chi connectivity index (χ4n) is 2.01. The van der Waals surface area contributed by atoms with E-state index in [9.17, 15) is 9.59 Å². The van der Waals surface area contributed by atoms with E-state index in [1.807, 2.05) is 0 Å². The average Bonchev–Trinajstić information content (AvgIpc) is 2.01. The number of rotatable bonds is 4. The van der Waals surface area contributed by atoms with Crippen molar-refractivity contribution in [2.75, 3.05) is 13.1 Å². The molecule has 5 heteroatoms. The van der Waals surface area contributed by atoms with Crippen LogP contribution in [-0.4, -0.2) is 24.9 Å². The van der Waals surface area contributed by atoms with Crippen molar-refractivity contribution in [2.24, 2.45) is 23.3 Å². The Bertz CT molecular complexity index is 208. The van der Waals surface area contributed by atoms with E-state index in [1.165, 1.54) is 0 Å². The normalized spacial score (nSPS) is 27.1. The second kappa shape index (κ2) is 4.95. The molecule has 1 saturated heterocycles. The highest BCUT2D eigenvalue weighted by Gasteiger charge is 2.23. The molecular weight excluding hydrogens is 182 g/mol. The molecule has 2 atom stereocenters. The molecule has 0 aromatic carbocycles. The summed E-state index contributed by atoms with van der Waals surface area (Å²) in [6.07, 6.45) is 1.64. The summed E-state index contributed by atoms with van der Waals surface area (Å²) in [7, 11) is 0. The van der Waals surface area contributed by atoms with E-state index in [0.29, 0.717) is 12.8 Å². The molecule has 1 heterocycles. The van der Waals surface area contributed by atoms with Crippen molar-refractivity contribution in [3.8, 4) is 0 Å². The summed E-state index contributed by atoms with van der Waals surface area (Å²) < 4.78 is 0. The summed E-state index contributed by atoms with van der Waals surface area (Å²) in [5, 5.41) is 3.18. The van der Waals surface area contributed by atoms with Crippen LogP contribution >= 0.6 is 0 Å². The number of piperidine rings is 1. The van der Waals surface area contributed by atoms with Crippen LogP contribution in [0.3, 0.4) is 0 Å². The number of carbonyl (C=O) groups is 2. The molecule has 2 amide bonds. The predicted octanol–water partition coefficient (Wildman–Crippen LogP) is -1.04. The van der Waals surface area contributed by atoms with Crippen LogP contribution in [0.2, 0.25) is 0 Å². The van der Waals surface area contributed by atoms with E-state index in [-0.39, 0.29) is 23.7 Å². The largest absolute Gasteiger partial charge is 0.370 e. The Hall–Kier alpha value is -1.10. The quantitative estimate of drug-likeness (QED) is 0.539. The minimum atomic E-state index is -0.281. The van der Waals surface area contributed by atoms with Gasteiger partial charge in [0.2, 0.25) is 11.8 Å². The fraction of sp³-hybridized carbons (Fsp3) is 0.778. The van der Waals surface area contributed by atoms with Crippen LogP contribution in [0, 0.1) is 11.8 Å². The molecule has 0 bridgehead atoms. The van der Waals surface area contributed by atoms with Gasteiger partial charge in [0.1, 0.15) is 0 Å². The summed E-state index contributed by atoms with van der Waals surface area (Å²) in [6, 6.07) is 0. The van der Waals surface area contributed by atoms with Crippen LogP contribution in [0.1, 0.15) is 19.3 Å². The Morgan fingerprint density at radius 1 is 1.07 bits per heavy atom. The van der Waals surface area contributed by atoms with Crippen LogP contribution in [0.4, 0.5) is 0 Å². The summed E-state index contributed by atoms with van der Waals surface area (Å²) in [6.45, 7) is 1.61. The van der Waals surface area contributed by atoms with Gasteiger partial charge in [0.25, 0.3) is 0 Å². The van der Waals surface area contributed by atoms with Crippen LogP contribution in [0.5, 0.6) is 0 Å². The number of nitrogens with two attached hydrogens (primary N) is 2. The maximum Gasteiger partial charge on any atom is 0.217 e. The molecule has 5 N–H and O–H groups in total. The Kier molecular flexibility index (Phi) is 3.88. The van der Waals surface area contributed by atoms with Gasteiger partial charge in [-0.1, -0.05) is 0 Å². The minimum absolute atomic E-state index is 0.255. The molecule has 1 rings (SSSR count). The molecule has 2 unspecified atom stereocenters. The number of primary amides is 2. The number of carbonyl (C=O) groups excluding carboxylic acids is 2. The standard InChI is InChI=1S/C9H17N3O2/c10-8(13)2-6-1-7(3-9(11)14)5-12-4-6/h6-7,12H,1-5H2,(H2,10,13)(H2,11,14). The molecular formula is C9H17N3O2. The van der Waals surface area contributed by atoms with Crippen molar-refractivity contribution < 1.29 is 9.59 Å². The SMILES string of the molecule is NC(=O)CC1CNCC(CC(N)=O)C1. The first-order valence-corrected chi connectivity index (χ1v) is 4.85. The third kappa shape index (κ3) is 3.74. The number of amides is 2. The van der Waals surface area contributed by atoms with E-state index in [1.54, 1.807) is 0 Å². The summed E-state index contributed by atoms with van der Waals surface area (Å²) in [5.74, 6) is -0.0516. The van der Waals surface area contributed by atoms with Gasteiger partial charge in [-0.25, -0.2) is 0 Å². The lowest BCUT2D eigenvalue weighted by molar-refractivity contribution is -0.119. The van der Waals surface area contributed by atoms with E-state index in [0.717, 1.165) is 19.5 Å². The van der Waals surface area contributed by atoms with Crippen molar-refractivity contribution >= 4 is 11.8 Å². The molecule has 0 aliphatic carbocycles. The van der Waals surface area contributed by atoms with Gasteiger partial charge in [0.15, 0.2) is 0 Å². The molecule has 1 fully saturated rings. The van der Waals surface area contributed by atoms with Crippen LogP contribution in [0.25, 0.3) is 0 Å². The van der Waals surface area contributed by atoms with Crippen molar-refractivity contribution in [3.05, 3.63) is 0 Å². The van der Waals surface area contributed by atoms with Gasteiger partial charge in [0, 0.05) is 12.8 Å². The smallest absolute Gasteiger partial charge is 0.217 e. The van der Waals surface area contributed by atoms with Crippen LogP contribution in [0.15, 0.2) is 0 Å². The minimum Gasteiger partial charge on any atom is -0.370 e. The van der Waals surface area contributed by atoms with Crippen molar-refractivity contribution in [2.45, 2.75) is 19.3 Å². The highest BCUT2D eigenvalue weighted by atomic mass is 16.1. The molecule has 0 radical (unpaired) electrons. The summed E-state index contributed by atoms with van der Waals surface area (Å²) in [5.41, 5.74) is 10.2. The predicted molar refractivity (Wildman–Crippen MR) is 52.1 cm³/mol. The first kappa shape index (κ1) is 11.0. The van der Waals surface area contributed by atoms with Gasteiger partial charge < -0.3 is 16.8 Å². The first-order chi connectivity index (χ1) is 6.58. The highest BCUT2D eigenvalue weighted by Crippen LogP contribution is 2.21. The molecule has 0 saturated carbocycles. The van der Waals surface area contributed by atoms with E-state index < -0.39 is 0 Å². The van der Waals surface area contributed by atoms with Crippen molar-refractivity contribution in [1.82, 2.24) is 5.32 Å². The molecule has 0 spiro atoms. The average molecular weight is 199 g/mol. The van der Waals surface area contributed by atoms with E-state index in [4.69, 9.17) is 11.5 Å².